The number of halogens is 2. The first-order valence-corrected chi connectivity index (χ1v) is 8.99. The zero-order valence-electron chi connectivity index (χ0n) is 14.1. The van der Waals surface area contributed by atoms with Crippen molar-refractivity contribution >= 4 is 21.6 Å². The van der Waals surface area contributed by atoms with E-state index in [1.165, 1.54) is 12.1 Å². The smallest absolute Gasteiger partial charge is 0.137 e. The molecule has 0 atom stereocenters. The molecule has 0 N–H and O–H groups in total. The van der Waals surface area contributed by atoms with Gasteiger partial charge in [0.2, 0.25) is 0 Å². The molecule has 0 saturated carbocycles. The molecular weight excluding hydrogens is 395 g/mol. The molecule has 0 spiro atoms. The number of hydrogen-bond acceptors (Lipinski definition) is 2. The highest BCUT2D eigenvalue weighted by Gasteiger charge is 2.16. The second-order valence-corrected chi connectivity index (χ2v) is 6.89. The monoisotopic (exact) mass is 410 g/mol. The quantitative estimate of drug-likeness (QED) is 0.443. The van der Waals surface area contributed by atoms with Crippen molar-refractivity contribution in [1.82, 2.24) is 9.38 Å². The molecule has 4 rings (SSSR count). The van der Waals surface area contributed by atoms with Gasteiger partial charge in [0.15, 0.2) is 0 Å². The van der Waals surface area contributed by atoms with Gasteiger partial charge < -0.3 is 9.14 Å². The van der Waals surface area contributed by atoms with E-state index in [-0.39, 0.29) is 5.82 Å². The molecule has 0 amide bonds. The maximum atomic E-state index is 13.4. The van der Waals surface area contributed by atoms with E-state index in [0.29, 0.717) is 6.42 Å². The minimum absolute atomic E-state index is 0.258. The Morgan fingerprint density at radius 3 is 2.58 bits per heavy atom. The van der Waals surface area contributed by atoms with Crippen LogP contribution in [0, 0.1) is 5.82 Å². The molecule has 26 heavy (non-hydrogen) atoms. The molecule has 0 aliphatic heterocycles. The van der Waals surface area contributed by atoms with Crippen LogP contribution in [0.1, 0.15) is 11.3 Å². The fraction of sp³-hybridized carbons (Fsp3) is 0.0952. The molecule has 0 unspecified atom stereocenters. The van der Waals surface area contributed by atoms with E-state index >= 15 is 0 Å². The molecule has 0 saturated heterocycles. The number of aromatic nitrogens is 2. The van der Waals surface area contributed by atoms with Gasteiger partial charge in [-0.25, -0.2) is 9.37 Å². The lowest BCUT2D eigenvalue weighted by Gasteiger charge is -2.10. The molecule has 2 aromatic carbocycles. The Kier molecular flexibility index (Phi) is 4.47. The van der Waals surface area contributed by atoms with Crippen molar-refractivity contribution in [1.29, 1.82) is 0 Å². The molecule has 2 aromatic heterocycles. The van der Waals surface area contributed by atoms with E-state index in [4.69, 9.17) is 9.72 Å². The summed E-state index contributed by atoms with van der Waals surface area (Å²) in [6.45, 7) is 0. The maximum Gasteiger partial charge on any atom is 0.137 e. The zero-order chi connectivity index (χ0) is 18.1. The molecule has 0 aliphatic carbocycles. The Balaban J connectivity index is 1.91. The lowest BCUT2D eigenvalue weighted by molar-refractivity contribution is 0.410. The Labute approximate surface area is 159 Å². The Morgan fingerprint density at radius 2 is 1.81 bits per heavy atom. The van der Waals surface area contributed by atoms with Gasteiger partial charge in [-0.2, -0.15) is 0 Å². The SMILES string of the molecule is COc1ccccc1Cc1c(-c2ccc(F)cc2)nc2ccc(Br)cn12. The highest BCUT2D eigenvalue weighted by Crippen LogP contribution is 2.30. The van der Waals surface area contributed by atoms with Crippen LogP contribution in [0.5, 0.6) is 5.75 Å². The maximum absolute atomic E-state index is 13.4. The summed E-state index contributed by atoms with van der Waals surface area (Å²) in [5.41, 5.74) is 4.67. The second kappa shape index (κ2) is 6.92. The Bertz CT molecular complexity index is 1070. The van der Waals surface area contributed by atoms with Crippen LogP contribution in [-0.4, -0.2) is 16.5 Å². The van der Waals surface area contributed by atoms with Crippen LogP contribution >= 0.6 is 15.9 Å². The van der Waals surface area contributed by atoms with Crippen LogP contribution < -0.4 is 4.74 Å². The number of imidazole rings is 1. The lowest BCUT2D eigenvalue weighted by atomic mass is 10.0. The molecule has 3 nitrogen and oxygen atoms in total. The van der Waals surface area contributed by atoms with Crippen LogP contribution in [0.3, 0.4) is 0 Å². The number of methoxy groups -OCH3 is 1. The molecule has 130 valence electrons. The van der Waals surface area contributed by atoms with Crippen molar-refractivity contribution in [2.24, 2.45) is 0 Å². The summed E-state index contributed by atoms with van der Waals surface area (Å²) in [7, 11) is 1.67. The van der Waals surface area contributed by atoms with Gasteiger partial charge in [0.05, 0.1) is 18.5 Å². The van der Waals surface area contributed by atoms with Crippen molar-refractivity contribution in [3.05, 3.63) is 88.4 Å². The number of benzene rings is 2. The number of ether oxygens (including phenoxy) is 1. The average molecular weight is 411 g/mol. The summed E-state index contributed by atoms with van der Waals surface area (Å²) in [5.74, 6) is 0.578. The van der Waals surface area contributed by atoms with E-state index < -0.39 is 0 Å². The highest BCUT2D eigenvalue weighted by molar-refractivity contribution is 9.10. The van der Waals surface area contributed by atoms with Crippen molar-refractivity contribution in [2.45, 2.75) is 6.42 Å². The van der Waals surface area contributed by atoms with Gasteiger partial charge in [-0.1, -0.05) is 18.2 Å². The summed E-state index contributed by atoms with van der Waals surface area (Å²) in [6, 6.07) is 18.3. The van der Waals surface area contributed by atoms with Crippen molar-refractivity contribution in [3.63, 3.8) is 0 Å². The standard InChI is InChI=1S/C21H16BrFN2O/c1-26-19-5-3-2-4-15(19)12-18-21(14-6-9-17(23)10-7-14)24-20-11-8-16(22)13-25(18)20/h2-11,13H,12H2,1H3. The van der Waals surface area contributed by atoms with Gasteiger partial charge in [0.1, 0.15) is 17.2 Å². The second-order valence-electron chi connectivity index (χ2n) is 5.98. The van der Waals surface area contributed by atoms with E-state index in [9.17, 15) is 4.39 Å². The predicted octanol–water partition coefficient (Wildman–Crippen LogP) is 5.50. The predicted molar refractivity (Wildman–Crippen MR) is 104 cm³/mol. The van der Waals surface area contributed by atoms with Gasteiger partial charge in [0.25, 0.3) is 0 Å². The third kappa shape index (κ3) is 3.10. The van der Waals surface area contributed by atoms with Crippen molar-refractivity contribution in [2.75, 3.05) is 7.11 Å². The molecule has 5 heteroatoms. The fourth-order valence-electron chi connectivity index (χ4n) is 3.10. The normalized spacial score (nSPS) is 11.0. The molecular formula is C21H16BrFN2O. The largest absolute Gasteiger partial charge is 0.496 e. The first kappa shape index (κ1) is 16.8. The number of rotatable bonds is 4. The number of pyridine rings is 1. The molecule has 4 aromatic rings. The lowest BCUT2D eigenvalue weighted by Crippen LogP contribution is -1.99. The number of fused-ring (bicyclic) bond motifs is 1. The zero-order valence-corrected chi connectivity index (χ0v) is 15.7. The van der Waals surface area contributed by atoms with Gasteiger partial charge in [0, 0.05) is 28.2 Å². The van der Waals surface area contributed by atoms with Crippen molar-refractivity contribution in [3.8, 4) is 17.0 Å². The molecule has 2 heterocycles. The topological polar surface area (TPSA) is 26.5 Å². The average Bonchev–Trinajstić information content (AvgIpc) is 3.00. The van der Waals surface area contributed by atoms with Gasteiger partial charge in [-0.05, 0) is 58.4 Å². The minimum Gasteiger partial charge on any atom is -0.496 e. The van der Waals surface area contributed by atoms with Crippen LogP contribution in [0.4, 0.5) is 4.39 Å². The summed E-state index contributed by atoms with van der Waals surface area (Å²) in [5, 5.41) is 0. The fourth-order valence-corrected chi connectivity index (χ4v) is 3.44. The van der Waals surface area contributed by atoms with Gasteiger partial charge in [-0.3, -0.25) is 0 Å². The van der Waals surface area contributed by atoms with Gasteiger partial charge >= 0.3 is 0 Å². The summed E-state index contributed by atoms with van der Waals surface area (Å²) >= 11 is 3.53. The summed E-state index contributed by atoms with van der Waals surface area (Å²) in [4.78, 5) is 4.78. The third-order valence-corrected chi connectivity index (χ3v) is 4.82. The number of hydrogen-bond donors (Lipinski definition) is 0. The Morgan fingerprint density at radius 1 is 1.04 bits per heavy atom. The van der Waals surface area contributed by atoms with Gasteiger partial charge in [-0.15, -0.1) is 0 Å². The van der Waals surface area contributed by atoms with Crippen LogP contribution in [0.15, 0.2) is 71.3 Å². The van der Waals surface area contributed by atoms with Crippen LogP contribution in [-0.2, 0) is 6.42 Å². The van der Waals surface area contributed by atoms with Crippen molar-refractivity contribution < 1.29 is 9.13 Å². The summed E-state index contributed by atoms with van der Waals surface area (Å²) in [6.07, 6.45) is 2.65. The van der Waals surface area contributed by atoms with E-state index in [1.807, 2.05) is 42.6 Å². The summed E-state index contributed by atoms with van der Waals surface area (Å²) < 4.78 is 21.9. The first-order chi connectivity index (χ1) is 12.7. The number of para-hydroxylation sites is 1. The van der Waals surface area contributed by atoms with Crippen LogP contribution in [0.25, 0.3) is 16.9 Å². The van der Waals surface area contributed by atoms with E-state index in [1.54, 1.807) is 19.2 Å². The van der Waals surface area contributed by atoms with Crippen LogP contribution in [0.2, 0.25) is 0 Å². The molecule has 0 radical (unpaired) electrons. The third-order valence-electron chi connectivity index (χ3n) is 4.35. The number of nitrogens with zero attached hydrogens (tertiary/aromatic N) is 2. The minimum atomic E-state index is -0.258. The molecule has 0 bridgehead atoms. The molecule has 0 fully saturated rings. The van der Waals surface area contributed by atoms with E-state index in [2.05, 4.69) is 20.3 Å². The molecule has 0 aliphatic rings. The first-order valence-electron chi connectivity index (χ1n) is 8.20. The highest BCUT2D eigenvalue weighted by atomic mass is 79.9. The Hall–Kier alpha value is -2.66. The van der Waals surface area contributed by atoms with E-state index in [0.717, 1.165) is 38.4 Å².